The molecule has 12 heavy (non-hydrogen) atoms. The fraction of sp³-hybridized carbons (Fsp3) is 0.286. The molecule has 0 rings (SSSR count). The molecular formula is C7H9F3N2. The summed E-state index contributed by atoms with van der Waals surface area (Å²) in [5, 5.41) is 0. The van der Waals surface area contributed by atoms with Gasteiger partial charge < -0.3 is 5.73 Å². The van der Waals surface area contributed by atoms with Gasteiger partial charge in [-0.05, 0) is 6.92 Å². The summed E-state index contributed by atoms with van der Waals surface area (Å²) in [6, 6.07) is 0. The van der Waals surface area contributed by atoms with Gasteiger partial charge in [0, 0.05) is 23.7 Å². The highest BCUT2D eigenvalue weighted by atomic mass is 19.4. The van der Waals surface area contributed by atoms with Gasteiger partial charge in [-0.15, -0.1) is 0 Å². The number of rotatable bonds is 2. The van der Waals surface area contributed by atoms with E-state index in [4.69, 9.17) is 5.73 Å². The number of allylic oxidation sites excluding steroid dienone is 2. The van der Waals surface area contributed by atoms with Crippen LogP contribution in [0.1, 0.15) is 6.92 Å². The van der Waals surface area contributed by atoms with E-state index >= 15 is 0 Å². The van der Waals surface area contributed by atoms with Crippen molar-refractivity contribution in [1.29, 1.82) is 0 Å². The third-order valence-electron chi connectivity index (χ3n) is 0.956. The van der Waals surface area contributed by atoms with E-state index in [9.17, 15) is 13.2 Å². The van der Waals surface area contributed by atoms with Crippen molar-refractivity contribution in [2.45, 2.75) is 13.1 Å². The molecule has 0 aliphatic heterocycles. The molecule has 0 aliphatic carbocycles. The second-order valence-electron chi connectivity index (χ2n) is 2.16. The normalized spacial score (nSPS) is 13.8. The molecule has 68 valence electrons. The lowest BCUT2D eigenvalue weighted by atomic mass is 10.3. The zero-order chi connectivity index (χ0) is 9.78. The molecule has 0 unspecified atom stereocenters. The smallest absolute Gasteiger partial charge is 0.398 e. The van der Waals surface area contributed by atoms with Gasteiger partial charge in [0.05, 0.1) is 0 Å². The van der Waals surface area contributed by atoms with Crippen molar-refractivity contribution in [3.63, 3.8) is 0 Å². The van der Waals surface area contributed by atoms with E-state index in [-0.39, 0.29) is 5.70 Å². The maximum atomic E-state index is 11.8. The Hall–Kier alpha value is -1.26. The first-order valence-electron chi connectivity index (χ1n) is 3.05. The molecule has 0 aromatic carbocycles. The molecule has 5 heteroatoms. The minimum Gasteiger partial charge on any atom is -0.398 e. The Kier molecular flexibility index (Phi) is 3.53. The lowest BCUT2D eigenvalue weighted by Gasteiger charge is -2.03. The van der Waals surface area contributed by atoms with Gasteiger partial charge in [0.1, 0.15) is 0 Å². The van der Waals surface area contributed by atoms with Crippen LogP contribution in [0.5, 0.6) is 0 Å². The van der Waals surface area contributed by atoms with Crippen LogP contribution in [0, 0.1) is 0 Å². The monoisotopic (exact) mass is 178 g/mol. The average Bonchev–Trinajstić information content (AvgIpc) is 1.84. The first-order chi connectivity index (χ1) is 5.34. The Morgan fingerprint density at radius 1 is 1.50 bits per heavy atom. The topological polar surface area (TPSA) is 38.4 Å². The number of hydrogen-bond acceptors (Lipinski definition) is 2. The number of hydrogen-bond donors (Lipinski definition) is 1. The van der Waals surface area contributed by atoms with E-state index in [1.807, 2.05) is 0 Å². The van der Waals surface area contributed by atoms with Crippen molar-refractivity contribution in [3.8, 4) is 0 Å². The van der Waals surface area contributed by atoms with Gasteiger partial charge in [0.2, 0.25) is 0 Å². The predicted octanol–water partition coefficient (Wildman–Crippen LogP) is 2.00. The van der Waals surface area contributed by atoms with Crippen LogP contribution in [0.3, 0.4) is 0 Å². The van der Waals surface area contributed by atoms with Crippen molar-refractivity contribution in [2.75, 3.05) is 0 Å². The summed E-state index contributed by atoms with van der Waals surface area (Å²) in [7, 11) is 0. The summed E-state index contributed by atoms with van der Waals surface area (Å²) >= 11 is 0. The molecule has 0 saturated heterocycles. The maximum Gasteiger partial charge on any atom is 0.413 e. The molecule has 0 atom stereocenters. The predicted molar refractivity (Wildman–Crippen MR) is 41.6 cm³/mol. The quantitative estimate of drug-likeness (QED) is 0.645. The van der Waals surface area contributed by atoms with Crippen molar-refractivity contribution < 1.29 is 13.2 Å². The first kappa shape index (κ1) is 10.7. The van der Waals surface area contributed by atoms with Crippen LogP contribution in [-0.4, -0.2) is 12.4 Å². The summed E-state index contributed by atoms with van der Waals surface area (Å²) in [4.78, 5) is 3.31. The zero-order valence-corrected chi connectivity index (χ0v) is 6.52. The van der Waals surface area contributed by atoms with Crippen LogP contribution in [0.2, 0.25) is 0 Å². The third-order valence-corrected chi connectivity index (χ3v) is 0.956. The first-order valence-corrected chi connectivity index (χ1v) is 3.05. The second kappa shape index (κ2) is 3.94. The zero-order valence-electron chi connectivity index (χ0n) is 6.52. The molecule has 0 fully saturated rings. The fourth-order valence-electron chi connectivity index (χ4n) is 0.318. The van der Waals surface area contributed by atoms with Crippen molar-refractivity contribution >= 4 is 6.21 Å². The van der Waals surface area contributed by atoms with Gasteiger partial charge in [-0.1, -0.05) is 6.58 Å². The van der Waals surface area contributed by atoms with Gasteiger partial charge in [-0.25, -0.2) is 0 Å². The molecule has 0 bridgehead atoms. The molecule has 2 N–H and O–H groups in total. The maximum absolute atomic E-state index is 11.8. The second-order valence-corrected chi connectivity index (χ2v) is 2.16. The number of alkyl halides is 3. The van der Waals surface area contributed by atoms with Crippen LogP contribution in [-0.2, 0) is 0 Å². The molecule has 0 aromatic heterocycles. The van der Waals surface area contributed by atoms with Crippen molar-refractivity contribution in [3.05, 3.63) is 24.0 Å². The van der Waals surface area contributed by atoms with Crippen LogP contribution in [0.4, 0.5) is 13.2 Å². The Labute approximate surface area is 68.3 Å². The summed E-state index contributed by atoms with van der Waals surface area (Å²) < 4.78 is 35.3. The molecule has 0 radical (unpaired) electrons. The SMILES string of the molecule is C=C(N)C=N/C=C(\C)C(F)(F)F. The van der Waals surface area contributed by atoms with E-state index in [2.05, 4.69) is 11.6 Å². The standard InChI is InChI=1S/C7H9F3N2/c1-5(7(8,9)10)3-12-4-6(2)11/h3-4H,2,11H2,1H3/b5-3+,12-4?. The van der Waals surface area contributed by atoms with Crippen molar-refractivity contribution in [2.24, 2.45) is 10.7 Å². The van der Waals surface area contributed by atoms with Crippen LogP contribution < -0.4 is 5.73 Å². The molecule has 0 heterocycles. The van der Waals surface area contributed by atoms with Crippen LogP contribution >= 0.6 is 0 Å². The fourth-order valence-corrected chi connectivity index (χ4v) is 0.318. The van der Waals surface area contributed by atoms with E-state index in [1.165, 1.54) is 0 Å². The summed E-state index contributed by atoms with van der Waals surface area (Å²) in [6.07, 6.45) is -2.58. The number of aliphatic imine (C=N–C) groups is 1. The summed E-state index contributed by atoms with van der Waals surface area (Å²) in [5.74, 6) is 0. The molecular weight excluding hydrogens is 169 g/mol. The van der Waals surface area contributed by atoms with E-state index in [1.54, 1.807) is 0 Å². The Morgan fingerprint density at radius 2 is 2.00 bits per heavy atom. The summed E-state index contributed by atoms with van der Waals surface area (Å²) in [6.45, 7) is 4.16. The van der Waals surface area contributed by atoms with Gasteiger partial charge in [0.15, 0.2) is 0 Å². The molecule has 0 aromatic rings. The van der Waals surface area contributed by atoms with Crippen LogP contribution in [0.25, 0.3) is 0 Å². The average molecular weight is 178 g/mol. The van der Waals surface area contributed by atoms with Gasteiger partial charge >= 0.3 is 6.18 Å². The van der Waals surface area contributed by atoms with E-state index in [0.717, 1.165) is 13.1 Å². The van der Waals surface area contributed by atoms with Gasteiger partial charge in [0.25, 0.3) is 0 Å². The lowest BCUT2D eigenvalue weighted by Crippen LogP contribution is -2.08. The molecule has 0 spiro atoms. The number of nitrogens with two attached hydrogens (primary N) is 1. The Morgan fingerprint density at radius 3 is 2.33 bits per heavy atom. The minimum absolute atomic E-state index is 0.112. The Balaban J connectivity index is 4.29. The molecule has 2 nitrogen and oxygen atoms in total. The highest BCUT2D eigenvalue weighted by Gasteiger charge is 2.29. The highest BCUT2D eigenvalue weighted by molar-refractivity contribution is 5.76. The minimum atomic E-state index is -4.33. The number of halogens is 3. The largest absolute Gasteiger partial charge is 0.413 e. The van der Waals surface area contributed by atoms with E-state index < -0.39 is 11.7 Å². The molecule has 0 saturated carbocycles. The third kappa shape index (κ3) is 4.54. The van der Waals surface area contributed by atoms with E-state index in [0.29, 0.717) is 6.20 Å². The van der Waals surface area contributed by atoms with Gasteiger partial charge in [-0.3, -0.25) is 4.99 Å². The lowest BCUT2D eigenvalue weighted by molar-refractivity contribution is -0.0914. The molecule has 0 amide bonds. The number of nitrogens with zero attached hydrogens (tertiary/aromatic N) is 1. The van der Waals surface area contributed by atoms with Crippen molar-refractivity contribution in [1.82, 2.24) is 0 Å². The van der Waals surface area contributed by atoms with Gasteiger partial charge in [-0.2, -0.15) is 13.2 Å². The van der Waals surface area contributed by atoms with Crippen LogP contribution in [0.15, 0.2) is 29.0 Å². The highest BCUT2D eigenvalue weighted by Crippen LogP contribution is 2.24. The summed E-state index contributed by atoms with van der Waals surface area (Å²) in [5.41, 5.74) is 4.37. The molecule has 0 aliphatic rings. The Bertz CT molecular complexity index is 225.